The Balaban J connectivity index is 2.10. The van der Waals surface area contributed by atoms with Crippen LogP contribution in [-0.2, 0) is 24.1 Å². The van der Waals surface area contributed by atoms with Crippen molar-refractivity contribution in [2.45, 2.75) is 24.4 Å². The summed E-state index contributed by atoms with van der Waals surface area (Å²) < 4.78 is 2.82. The van der Waals surface area contributed by atoms with Crippen molar-refractivity contribution in [3.05, 3.63) is 16.4 Å². The van der Waals surface area contributed by atoms with E-state index in [-0.39, 0.29) is 6.54 Å². The van der Waals surface area contributed by atoms with Crippen LogP contribution in [0.2, 0.25) is 5.15 Å². The van der Waals surface area contributed by atoms with Crippen molar-refractivity contribution >= 4 is 29.3 Å². The Morgan fingerprint density at radius 3 is 2.84 bits per heavy atom. The van der Waals surface area contributed by atoms with Crippen molar-refractivity contribution in [2.75, 3.05) is 0 Å². The standard InChI is InChI=1S/C9H11ClN6O2S/c1-5-6(8(10)15(2)12-5)4-19-9-11-13-14-16(9)3-7(17)18/h3-4H2,1-2H3,(H,17,18). The van der Waals surface area contributed by atoms with E-state index < -0.39 is 5.97 Å². The Bertz CT molecular complexity index is 610. The SMILES string of the molecule is Cc1nn(C)c(Cl)c1CSc1nnnn1CC(=O)O. The van der Waals surface area contributed by atoms with Crippen LogP contribution in [0.1, 0.15) is 11.3 Å². The molecule has 102 valence electrons. The van der Waals surface area contributed by atoms with Crippen LogP contribution in [0.15, 0.2) is 5.16 Å². The second-order valence-corrected chi connectivity index (χ2v) is 5.08. The van der Waals surface area contributed by atoms with Gasteiger partial charge in [-0.05, 0) is 17.4 Å². The molecule has 2 aromatic heterocycles. The monoisotopic (exact) mass is 302 g/mol. The molecule has 2 rings (SSSR count). The number of aliphatic carboxylic acids is 1. The third-order valence-electron chi connectivity index (χ3n) is 2.40. The second-order valence-electron chi connectivity index (χ2n) is 3.78. The van der Waals surface area contributed by atoms with Gasteiger partial charge in [0.2, 0.25) is 5.16 Å². The summed E-state index contributed by atoms with van der Waals surface area (Å²) in [5, 5.41) is 24.8. The molecule has 1 N–H and O–H groups in total. The van der Waals surface area contributed by atoms with Crippen LogP contribution in [0.5, 0.6) is 0 Å². The Morgan fingerprint density at radius 1 is 1.53 bits per heavy atom. The molecule has 8 nitrogen and oxygen atoms in total. The lowest BCUT2D eigenvalue weighted by Crippen LogP contribution is -2.11. The minimum absolute atomic E-state index is 0.269. The first-order valence-corrected chi connectivity index (χ1v) is 6.64. The van der Waals surface area contributed by atoms with Crippen LogP contribution < -0.4 is 0 Å². The molecule has 2 aromatic rings. The zero-order valence-corrected chi connectivity index (χ0v) is 11.8. The molecule has 0 atom stereocenters. The molecule has 0 aliphatic heterocycles. The van der Waals surface area contributed by atoms with Crippen molar-refractivity contribution in [3.63, 3.8) is 0 Å². The maximum Gasteiger partial charge on any atom is 0.325 e. The molecule has 10 heteroatoms. The van der Waals surface area contributed by atoms with Gasteiger partial charge in [0.05, 0.1) is 5.69 Å². The number of hydrogen-bond donors (Lipinski definition) is 1. The van der Waals surface area contributed by atoms with Gasteiger partial charge in [-0.2, -0.15) is 5.10 Å². The topological polar surface area (TPSA) is 98.7 Å². The van der Waals surface area contributed by atoms with Gasteiger partial charge in [0.1, 0.15) is 11.7 Å². The number of tetrazole rings is 1. The number of carboxylic acid groups (broad SMARTS) is 1. The first-order valence-electron chi connectivity index (χ1n) is 5.27. The quantitative estimate of drug-likeness (QED) is 0.813. The molecule has 2 heterocycles. The van der Waals surface area contributed by atoms with Gasteiger partial charge in [-0.3, -0.25) is 9.48 Å². The molecule has 0 unspecified atom stereocenters. The summed E-state index contributed by atoms with van der Waals surface area (Å²) in [6.07, 6.45) is 0. The predicted molar refractivity (Wildman–Crippen MR) is 68.0 cm³/mol. The molecular weight excluding hydrogens is 292 g/mol. The van der Waals surface area contributed by atoms with Gasteiger partial charge >= 0.3 is 5.97 Å². The number of aryl methyl sites for hydroxylation is 2. The van der Waals surface area contributed by atoms with Crippen molar-refractivity contribution in [1.82, 2.24) is 30.0 Å². The summed E-state index contributed by atoms with van der Waals surface area (Å²) in [6.45, 7) is 1.59. The van der Waals surface area contributed by atoms with Gasteiger partial charge < -0.3 is 5.11 Å². The fourth-order valence-corrected chi connectivity index (χ4v) is 2.79. The second kappa shape index (κ2) is 5.57. The zero-order valence-electron chi connectivity index (χ0n) is 10.2. The van der Waals surface area contributed by atoms with E-state index in [1.165, 1.54) is 16.4 Å². The fraction of sp³-hybridized carbons (Fsp3) is 0.444. The van der Waals surface area contributed by atoms with Crippen LogP contribution in [0.4, 0.5) is 0 Å². The molecule has 0 saturated heterocycles. The molecule has 0 radical (unpaired) electrons. The third kappa shape index (κ3) is 3.04. The van der Waals surface area contributed by atoms with Crippen LogP contribution >= 0.6 is 23.4 Å². The zero-order chi connectivity index (χ0) is 14.0. The van der Waals surface area contributed by atoms with Gasteiger partial charge in [0, 0.05) is 18.4 Å². The van der Waals surface area contributed by atoms with E-state index in [1.807, 2.05) is 6.92 Å². The summed E-state index contributed by atoms with van der Waals surface area (Å²) >= 11 is 7.43. The Hall–Kier alpha value is -1.61. The Kier molecular flexibility index (Phi) is 4.05. The van der Waals surface area contributed by atoms with E-state index in [1.54, 1.807) is 11.7 Å². The van der Waals surface area contributed by atoms with E-state index in [0.717, 1.165) is 11.3 Å². The van der Waals surface area contributed by atoms with Crippen LogP contribution in [0.25, 0.3) is 0 Å². The maximum atomic E-state index is 10.6. The maximum absolute atomic E-state index is 10.6. The lowest BCUT2D eigenvalue weighted by Gasteiger charge is -2.01. The van der Waals surface area contributed by atoms with Gasteiger partial charge in [-0.15, -0.1) is 5.10 Å². The highest BCUT2D eigenvalue weighted by Gasteiger charge is 2.15. The van der Waals surface area contributed by atoms with Gasteiger partial charge in [-0.1, -0.05) is 23.4 Å². The highest BCUT2D eigenvalue weighted by atomic mass is 35.5. The molecule has 0 saturated carbocycles. The van der Waals surface area contributed by atoms with E-state index >= 15 is 0 Å². The van der Waals surface area contributed by atoms with Crippen LogP contribution in [-0.4, -0.2) is 41.1 Å². The molecule has 0 aliphatic carbocycles. The number of halogens is 1. The third-order valence-corrected chi connectivity index (χ3v) is 3.86. The van der Waals surface area contributed by atoms with Crippen molar-refractivity contribution < 1.29 is 9.90 Å². The molecule has 19 heavy (non-hydrogen) atoms. The summed E-state index contributed by atoms with van der Waals surface area (Å²) in [4.78, 5) is 10.6. The van der Waals surface area contributed by atoms with E-state index in [0.29, 0.717) is 16.1 Å². The Labute approximate surface area is 117 Å². The number of aromatic nitrogens is 6. The highest BCUT2D eigenvalue weighted by molar-refractivity contribution is 7.98. The molecule has 0 spiro atoms. The Morgan fingerprint density at radius 2 is 2.26 bits per heavy atom. The molecular formula is C9H11ClN6O2S. The number of carbonyl (C=O) groups is 1. The van der Waals surface area contributed by atoms with Crippen molar-refractivity contribution in [1.29, 1.82) is 0 Å². The number of rotatable bonds is 5. The summed E-state index contributed by atoms with van der Waals surface area (Å²) in [6, 6.07) is 0. The number of thioether (sulfide) groups is 1. The van der Waals surface area contributed by atoms with Gasteiger partial charge in [0.25, 0.3) is 0 Å². The van der Waals surface area contributed by atoms with E-state index in [2.05, 4.69) is 20.6 Å². The highest BCUT2D eigenvalue weighted by Crippen LogP contribution is 2.26. The minimum atomic E-state index is -0.996. The average Bonchev–Trinajstić information content (AvgIpc) is 2.84. The number of hydrogen-bond acceptors (Lipinski definition) is 6. The molecule has 0 aliphatic rings. The van der Waals surface area contributed by atoms with E-state index in [9.17, 15) is 4.79 Å². The normalized spacial score (nSPS) is 10.9. The largest absolute Gasteiger partial charge is 0.480 e. The fourth-order valence-electron chi connectivity index (χ4n) is 1.50. The summed E-state index contributed by atoms with van der Waals surface area (Å²) in [5.41, 5.74) is 1.72. The average molecular weight is 303 g/mol. The predicted octanol–water partition coefficient (Wildman–Crippen LogP) is 0.745. The van der Waals surface area contributed by atoms with Crippen molar-refractivity contribution in [3.8, 4) is 0 Å². The minimum Gasteiger partial charge on any atom is -0.480 e. The molecule has 0 fully saturated rings. The summed E-state index contributed by atoms with van der Waals surface area (Å²) in [5.74, 6) is -0.469. The first-order chi connectivity index (χ1) is 8.99. The van der Waals surface area contributed by atoms with Crippen LogP contribution in [0, 0.1) is 6.92 Å². The lowest BCUT2D eigenvalue weighted by atomic mass is 10.3. The van der Waals surface area contributed by atoms with Crippen molar-refractivity contribution in [2.24, 2.45) is 7.05 Å². The summed E-state index contributed by atoms with van der Waals surface area (Å²) in [7, 11) is 1.76. The molecule has 0 aromatic carbocycles. The molecule has 0 amide bonds. The molecule has 0 bridgehead atoms. The smallest absolute Gasteiger partial charge is 0.325 e. The van der Waals surface area contributed by atoms with Gasteiger partial charge in [-0.25, -0.2) is 4.68 Å². The number of carboxylic acids is 1. The number of nitrogens with zero attached hydrogens (tertiary/aromatic N) is 6. The lowest BCUT2D eigenvalue weighted by molar-refractivity contribution is -0.138. The van der Waals surface area contributed by atoms with Crippen LogP contribution in [0.3, 0.4) is 0 Å². The van der Waals surface area contributed by atoms with Gasteiger partial charge in [0.15, 0.2) is 0 Å². The van der Waals surface area contributed by atoms with E-state index in [4.69, 9.17) is 16.7 Å². The first kappa shape index (κ1) is 13.8.